The van der Waals surface area contributed by atoms with Gasteiger partial charge in [0, 0.05) is 0 Å². The number of aliphatic carboxylic acids is 1. The molecule has 0 saturated carbocycles. The van der Waals surface area contributed by atoms with Gasteiger partial charge in [0.1, 0.15) is 5.75 Å². The van der Waals surface area contributed by atoms with E-state index in [1.54, 1.807) is 18.2 Å². The Labute approximate surface area is 140 Å². The van der Waals surface area contributed by atoms with Crippen molar-refractivity contribution in [3.63, 3.8) is 0 Å². The molecular formula is C19H20O5. The van der Waals surface area contributed by atoms with Gasteiger partial charge in [-0.1, -0.05) is 24.3 Å². The number of carboxylic acid groups (broad SMARTS) is 1. The summed E-state index contributed by atoms with van der Waals surface area (Å²) < 4.78 is 16.4. The smallest absolute Gasteiger partial charge is 0.311 e. The third kappa shape index (κ3) is 3.45. The molecule has 1 atom stereocenters. The van der Waals surface area contributed by atoms with E-state index in [4.69, 9.17) is 14.2 Å². The van der Waals surface area contributed by atoms with Crippen LogP contribution in [0.3, 0.4) is 0 Å². The van der Waals surface area contributed by atoms with Gasteiger partial charge in [-0.2, -0.15) is 0 Å². The summed E-state index contributed by atoms with van der Waals surface area (Å²) in [5, 5.41) is 9.70. The van der Waals surface area contributed by atoms with Crippen molar-refractivity contribution in [2.45, 2.75) is 32.3 Å². The molecule has 1 aliphatic heterocycles. The molecule has 0 amide bonds. The van der Waals surface area contributed by atoms with Gasteiger partial charge in [-0.15, -0.1) is 0 Å². The summed E-state index contributed by atoms with van der Waals surface area (Å²) in [6.07, 6.45) is 0.373. The lowest BCUT2D eigenvalue weighted by Crippen LogP contribution is -2.16. The van der Waals surface area contributed by atoms with Crippen molar-refractivity contribution in [2.75, 3.05) is 6.79 Å². The van der Waals surface area contributed by atoms with E-state index < -0.39 is 11.9 Å². The zero-order valence-corrected chi connectivity index (χ0v) is 13.7. The number of rotatable bonds is 6. The van der Waals surface area contributed by atoms with Crippen molar-refractivity contribution in [1.82, 2.24) is 0 Å². The second kappa shape index (κ2) is 6.83. The van der Waals surface area contributed by atoms with E-state index >= 15 is 0 Å². The lowest BCUT2D eigenvalue weighted by atomic mass is 9.91. The van der Waals surface area contributed by atoms with E-state index in [0.29, 0.717) is 23.5 Å². The van der Waals surface area contributed by atoms with Crippen LogP contribution in [0.4, 0.5) is 0 Å². The molecule has 0 aromatic heterocycles. The van der Waals surface area contributed by atoms with Gasteiger partial charge in [0.15, 0.2) is 11.5 Å². The van der Waals surface area contributed by atoms with Gasteiger partial charge >= 0.3 is 5.97 Å². The number of benzene rings is 2. The molecule has 3 rings (SSSR count). The molecule has 5 nitrogen and oxygen atoms in total. The summed E-state index contributed by atoms with van der Waals surface area (Å²) in [5.74, 6) is 0.390. The molecule has 1 unspecified atom stereocenters. The molecule has 1 aliphatic rings. The second-order valence-electron chi connectivity index (χ2n) is 5.98. The minimum atomic E-state index is -0.881. The van der Waals surface area contributed by atoms with Crippen molar-refractivity contribution < 1.29 is 24.1 Å². The molecular weight excluding hydrogens is 308 g/mol. The molecule has 1 heterocycles. The maximum absolute atomic E-state index is 11.8. The number of ether oxygens (including phenoxy) is 3. The molecule has 0 saturated heterocycles. The highest BCUT2D eigenvalue weighted by Gasteiger charge is 2.25. The lowest BCUT2D eigenvalue weighted by molar-refractivity contribution is -0.138. The Morgan fingerprint density at radius 2 is 1.92 bits per heavy atom. The van der Waals surface area contributed by atoms with Crippen molar-refractivity contribution in [1.29, 1.82) is 0 Å². The Kier molecular flexibility index (Phi) is 4.60. The fourth-order valence-corrected chi connectivity index (χ4v) is 2.74. The molecule has 0 bridgehead atoms. The third-order valence-electron chi connectivity index (χ3n) is 3.86. The van der Waals surface area contributed by atoms with Crippen LogP contribution in [0, 0.1) is 0 Å². The Bertz CT molecular complexity index is 738. The fraction of sp³-hybridized carbons (Fsp3) is 0.316. The lowest BCUT2D eigenvalue weighted by Gasteiger charge is -2.18. The van der Waals surface area contributed by atoms with Crippen LogP contribution in [-0.2, 0) is 11.2 Å². The van der Waals surface area contributed by atoms with E-state index in [2.05, 4.69) is 0 Å². The van der Waals surface area contributed by atoms with Gasteiger partial charge in [-0.25, -0.2) is 0 Å². The minimum absolute atomic E-state index is 0.0278. The molecule has 24 heavy (non-hydrogen) atoms. The molecule has 5 heteroatoms. The summed E-state index contributed by atoms with van der Waals surface area (Å²) in [6, 6.07) is 12.8. The van der Waals surface area contributed by atoms with Crippen molar-refractivity contribution >= 4 is 5.97 Å². The monoisotopic (exact) mass is 328 g/mol. The first-order chi connectivity index (χ1) is 11.5. The van der Waals surface area contributed by atoms with Crippen LogP contribution < -0.4 is 14.2 Å². The first kappa shape index (κ1) is 16.2. The maximum Gasteiger partial charge on any atom is 0.311 e. The molecule has 0 aliphatic carbocycles. The number of hydrogen-bond donors (Lipinski definition) is 1. The molecule has 126 valence electrons. The molecule has 2 aromatic rings. The average molecular weight is 328 g/mol. The highest BCUT2D eigenvalue weighted by Crippen LogP contribution is 2.36. The number of carboxylic acids is 1. The van der Waals surface area contributed by atoms with Crippen molar-refractivity contribution in [2.24, 2.45) is 0 Å². The molecule has 1 N–H and O–H groups in total. The Morgan fingerprint density at radius 1 is 1.17 bits per heavy atom. The summed E-state index contributed by atoms with van der Waals surface area (Å²) in [5.41, 5.74) is 1.56. The van der Waals surface area contributed by atoms with Gasteiger partial charge in [-0.3, -0.25) is 4.79 Å². The maximum atomic E-state index is 11.8. The standard InChI is InChI=1S/C19H20O5/c1-12(2)24-16-6-4-3-5-14(16)9-15(19(20)21)13-7-8-17-18(10-13)23-11-22-17/h3-8,10,12,15H,9,11H2,1-2H3,(H,20,21). The number of para-hydroxylation sites is 1. The van der Waals surface area contributed by atoms with Crippen molar-refractivity contribution in [3.8, 4) is 17.2 Å². The molecule has 2 aromatic carbocycles. The van der Waals surface area contributed by atoms with Gasteiger partial charge < -0.3 is 19.3 Å². The van der Waals surface area contributed by atoms with Crippen LogP contribution >= 0.6 is 0 Å². The number of hydrogen-bond acceptors (Lipinski definition) is 4. The van der Waals surface area contributed by atoms with Gasteiger partial charge in [-0.05, 0) is 49.6 Å². The van der Waals surface area contributed by atoms with Gasteiger partial charge in [0.2, 0.25) is 6.79 Å². The second-order valence-corrected chi connectivity index (χ2v) is 5.98. The fourth-order valence-electron chi connectivity index (χ4n) is 2.74. The topological polar surface area (TPSA) is 65.0 Å². The van der Waals surface area contributed by atoms with E-state index in [0.717, 1.165) is 11.3 Å². The van der Waals surface area contributed by atoms with Crippen molar-refractivity contribution in [3.05, 3.63) is 53.6 Å². The zero-order valence-electron chi connectivity index (χ0n) is 13.7. The van der Waals surface area contributed by atoms with Crippen LogP contribution in [0.5, 0.6) is 17.2 Å². The Morgan fingerprint density at radius 3 is 2.67 bits per heavy atom. The highest BCUT2D eigenvalue weighted by molar-refractivity contribution is 5.77. The summed E-state index contributed by atoms with van der Waals surface area (Å²) >= 11 is 0. The zero-order chi connectivity index (χ0) is 17.1. The van der Waals surface area contributed by atoms with Crippen LogP contribution in [0.1, 0.15) is 30.9 Å². The molecule has 0 spiro atoms. The van der Waals surface area contributed by atoms with Gasteiger partial charge in [0.05, 0.1) is 12.0 Å². The minimum Gasteiger partial charge on any atom is -0.491 e. The predicted molar refractivity (Wildman–Crippen MR) is 88.9 cm³/mol. The number of carbonyl (C=O) groups is 1. The normalized spacial score (nSPS) is 13.8. The van der Waals surface area contributed by atoms with E-state index in [1.807, 2.05) is 38.1 Å². The molecule has 0 radical (unpaired) electrons. The summed E-state index contributed by atoms with van der Waals surface area (Å²) in [4.78, 5) is 11.8. The van der Waals surface area contributed by atoms with Crippen LogP contribution in [0.2, 0.25) is 0 Å². The number of fused-ring (bicyclic) bond motifs is 1. The molecule has 0 fully saturated rings. The summed E-state index contributed by atoms with van der Waals surface area (Å²) in [6.45, 7) is 4.06. The average Bonchev–Trinajstić information content (AvgIpc) is 3.00. The van der Waals surface area contributed by atoms with Crippen LogP contribution in [0.15, 0.2) is 42.5 Å². The van der Waals surface area contributed by atoms with E-state index in [1.165, 1.54) is 0 Å². The Hall–Kier alpha value is -2.69. The van der Waals surface area contributed by atoms with Crippen LogP contribution in [0.25, 0.3) is 0 Å². The third-order valence-corrected chi connectivity index (χ3v) is 3.86. The summed E-state index contributed by atoms with van der Waals surface area (Å²) in [7, 11) is 0. The van der Waals surface area contributed by atoms with Gasteiger partial charge in [0.25, 0.3) is 0 Å². The predicted octanol–water partition coefficient (Wildman–Crippen LogP) is 3.61. The SMILES string of the molecule is CC(C)Oc1ccccc1CC(C(=O)O)c1ccc2c(c1)OCO2. The van der Waals surface area contributed by atoms with Crippen LogP contribution in [-0.4, -0.2) is 24.0 Å². The Balaban J connectivity index is 1.89. The largest absolute Gasteiger partial charge is 0.491 e. The van der Waals surface area contributed by atoms with E-state index in [9.17, 15) is 9.90 Å². The first-order valence-electron chi connectivity index (χ1n) is 7.91. The highest BCUT2D eigenvalue weighted by atomic mass is 16.7. The van der Waals surface area contributed by atoms with E-state index in [-0.39, 0.29) is 12.9 Å². The quantitative estimate of drug-likeness (QED) is 0.877. The first-order valence-corrected chi connectivity index (χ1v) is 7.91.